The zero-order valence-electron chi connectivity index (χ0n) is 22.2. The molecule has 200 valence electrons. The average Bonchev–Trinajstić information content (AvgIpc) is 2.92. The second-order valence-corrected chi connectivity index (χ2v) is 11.1. The molecule has 0 aliphatic rings. The van der Waals surface area contributed by atoms with Crippen LogP contribution in [0.15, 0.2) is 107 Å². The minimum atomic E-state index is -4.00. The number of amides is 1. The monoisotopic (exact) mass is 541 g/mol. The molecular weight excluding hydrogens is 510 g/mol. The van der Waals surface area contributed by atoms with E-state index in [-0.39, 0.29) is 4.90 Å². The number of hydrogen-bond donors (Lipinski definition) is 1. The van der Waals surface area contributed by atoms with Gasteiger partial charge in [0, 0.05) is 0 Å². The molecule has 0 unspecified atom stereocenters. The van der Waals surface area contributed by atoms with Gasteiger partial charge in [0.25, 0.3) is 15.9 Å². The fourth-order valence-corrected chi connectivity index (χ4v) is 5.44. The number of nitrogens with zero attached hydrogens (tertiary/aromatic N) is 2. The summed E-state index contributed by atoms with van der Waals surface area (Å²) in [5.41, 5.74) is 7.39. The van der Waals surface area contributed by atoms with Crippen LogP contribution in [0.2, 0.25) is 0 Å². The van der Waals surface area contributed by atoms with Gasteiger partial charge in [0.15, 0.2) is 0 Å². The highest BCUT2D eigenvalue weighted by Gasteiger charge is 2.28. The number of rotatable bonds is 10. The Labute approximate surface area is 229 Å². The molecule has 0 atom stereocenters. The number of hydrogen-bond acceptors (Lipinski definition) is 5. The first-order chi connectivity index (χ1) is 18.7. The van der Waals surface area contributed by atoms with Gasteiger partial charge >= 0.3 is 0 Å². The van der Waals surface area contributed by atoms with Crippen LogP contribution in [0, 0.1) is 20.8 Å². The van der Waals surface area contributed by atoms with Gasteiger partial charge in [0.2, 0.25) is 0 Å². The second-order valence-electron chi connectivity index (χ2n) is 9.25. The molecule has 39 heavy (non-hydrogen) atoms. The number of hydrazone groups is 1. The molecule has 0 aromatic heterocycles. The van der Waals surface area contributed by atoms with Crippen molar-refractivity contribution in [2.45, 2.75) is 32.3 Å². The average molecular weight is 542 g/mol. The molecule has 1 N–H and O–H groups in total. The van der Waals surface area contributed by atoms with Crippen LogP contribution in [0.25, 0.3) is 0 Å². The Morgan fingerprint density at radius 1 is 0.872 bits per heavy atom. The Balaban J connectivity index is 1.44. The second kappa shape index (κ2) is 12.4. The topological polar surface area (TPSA) is 88.1 Å². The number of ether oxygens (including phenoxy) is 1. The highest BCUT2D eigenvalue weighted by Crippen LogP contribution is 2.27. The van der Waals surface area contributed by atoms with E-state index in [1.165, 1.54) is 6.21 Å². The lowest BCUT2D eigenvalue weighted by Crippen LogP contribution is -2.40. The predicted octanol–water partition coefficient (Wildman–Crippen LogP) is 5.54. The number of sulfonamides is 1. The summed E-state index contributed by atoms with van der Waals surface area (Å²) in [5.74, 6) is 0.148. The number of benzene rings is 4. The molecular formula is C31H31N3O4S. The number of anilines is 1. The maximum atomic E-state index is 13.6. The van der Waals surface area contributed by atoms with E-state index in [4.69, 9.17) is 4.74 Å². The summed E-state index contributed by atoms with van der Waals surface area (Å²) in [6.07, 6.45) is 1.49. The fraction of sp³-hybridized carbons (Fsp3) is 0.161. The molecule has 4 aromatic carbocycles. The molecule has 0 fully saturated rings. The van der Waals surface area contributed by atoms with Crippen molar-refractivity contribution in [1.82, 2.24) is 5.43 Å². The molecule has 0 radical (unpaired) electrons. The fourth-order valence-electron chi connectivity index (χ4n) is 3.96. The SMILES string of the molecule is Cc1ccc(S(=O)(=O)N(CC(=O)N/N=C\c2ccc(OCc3ccccc3)cc2)c2ccc(C)cc2C)cc1. The molecule has 0 saturated heterocycles. The van der Waals surface area contributed by atoms with Crippen LogP contribution >= 0.6 is 0 Å². The number of aryl methyl sites for hydroxylation is 3. The number of carbonyl (C=O) groups is 1. The molecule has 4 aromatic rings. The first-order valence-electron chi connectivity index (χ1n) is 12.5. The van der Waals surface area contributed by atoms with E-state index in [1.807, 2.05) is 87.5 Å². The molecule has 0 heterocycles. The van der Waals surface area contributed by atoms with Gasteiger partial charge in [-0.05, 0) is 79.9 Å². The molecule has 1 amide bonds. The third kappa shape index (κ3) is 7.33. The van der Waals surface area contributed by atoms with Crippen LogP contribution in [-0.2, 0) is 21.4 Å². The van der Waals surface area contributed by atoms with Crippen LogP contribution < -0.4 is 14.5 Å². The summed E-state index contributed by atoms with van der Waals surface area (Å²) in [7, 11) is -4.00. The van der Waals surface area contributed by atoms with Crippen molar-refractivity contribution in [3.63, 3.8) is 0 Å². The van der Waals surface area contributed by atoms with E-state index in [2.05, 4.69) is 10.5 Å². The largest absolute Gasteiger partial charge is 0.489 e. The molecule has 0 aliphatic heterocycles. The van der Waals surface area contributed by atoms with Crippen molar-refractivity contribution in [3.8, 4) is 5.75 Å². The lowest BCUT2D eigenvalue weighted by molar-refractivity contribution is -0.119. The lowest BCUT2D eigenvalue weighted by Gasteiger charge is -2.25. The summed E-state index contributed by atoms with van der Waals surface area (Å²) >= 11 is 0. The Hall–Kier alpha value is -4.43. The first-order valence-corrected chi connectivity index (χ1v) is 13.9. The van der Waals surface area contributed by atoms with E-state index in [0.717, 1.165) is 32.1 Å². The summed E-state index contributed by atoms with van der Waals surface area (Å²) in [6, 6.07) is 29.1. The van der Waals surface area contributed by atoms with Crippen LogP contribution in [0.1, 0.15) is 27.8 Å². The van der Waals surface area contributed by atoms with Crippen molar-refractivity contribution >= 4 is 27.8 Å². The lowest BCUT2D eigenvalue weighted by atomic mass is 10.1. The van der Waals surface area contributed by atoms with Gasteiger partial charge in [0.1, 0.15) is 18.9 Å². The highest BCUT2D eigenvalue weighted by molar-refractivity contribution is 7.92. The third-order valence-corrected chi connectivity index (χ3v) is 7.82. The van der Waals surface area contributed by atoms with E-state index in [1.54, 1.807) is 30.3 Å². The van der Waals surface area contributed by atoms with Crippen LogP contribution in [0.5, 0.6) is 5.75 Å². The minimum absolute atomic E-state index is 0.110. The maximum absolute atomic E-state index is 13.6. The maximum Gasteiger partial charge on any atom is 0.264 e. The Bertz CT molecular complexity index is 1550. The van der Waals surface area contributed by atoms with E-state index in [9.17, 15) is 13.2 Å². The van der Waals surface area contributed by atoms with E-state index < -0.39 is 22.5 Å². The number of nitrogens with one attached hydrogen (secondary N) is 1. The standard InChI is InChI=1S/C31H31N3O4S/c1-23-9-16-29(17-10-23)39(36,37)34(30-18-11-24(2)19-25(30)3)21-31(35)33-32-20-26-12-14-28(15-13-26)38-22-27-7-5-4-6-8-27/h4-20H,21-22H2,1-3H3,(H,33,35)/b32-20-. The highest BCUT2D eigenvalue weighted by atomic mass is 32.2. The van der Waals surface area contributed by atoms with Crippen LogP contribution in [0.3, 0.4) is 0 Å². The van der Waals surface area contributed by atoms with Gasteiger partial charge in [-0.1, -0.05) is 65.7 Å². The van der Waals surface area contributed by atoms with Crippen LogP contribution in [-0.4, -0.2) is 27.1 Å². The predicted molar refractivity (Wildman–Crippen MR) is 155 cm³/mol. The zero-order valence-corrected chi connectivity index (χ0v) is 23.0. The van der Waals surface area contributed by atoms with E-state index in [0.29, 0.717) is 18.0 Å². The molecule has 0 spiro atoms. The van der Waals surface area contributed by atoms with Crippen molar-refractivity contribution in [2.24, 2.45) is 5.10 Å². The van der Waals surface area contributed by atoms with Crippen molar-refractivity contribution in [2.75, 3.05) is 10.8 Å². The molecule has 8 heteroatoms. The van der Waals surface area contributed by atoms with Gasteiger partial charge in [0.05, 0.1) is 16.8 Å². The molecule has 0 aliphatic carbocycles. The van der Waals surface area contributed by atoms with E-state index >= 15 is 0 Å². The van der Waals surface area contributed by atoms with Crippen molar-refractivity contribution in [1.29, 1.82) is 0 Å². The van der Waals surface area contributed by atoms with Crippen molar-refractivity contribution in [3.05, 3.63) is 125 Å². The Morgan fingerprint density at radius 2 is 1.54 bits per heavy atom. The zero-order chi connectivity index (χ0) is 27.8. The van der Waals surface area contributed by atoms with Crippen molar-refractivity contribution < 1.29 is 17.9 Å². The summed E-state index contributed by atoms with van der Waals surface area (Å²) in [4.78, 5) is 13.0. The van der Waals surface area contributed by atoms with Crippen LogP contribution in [0.4, 0.5) is 5.69 Å². The molecule has 4 rings (SSSR count). The third-order valence-electron chi connectivity index (χ3n) is 6.05. The summed E-state index contributed by atoms with van der Waals surface area (Å²) in [5, 5.41) is 4.03. The number of carbonyl (C=O) groups excluding carboxylic acids is 1. The van der Waals surface area contributed by atoms with Gasteiger partial charge in [-0.15, -0.1) is 0 Å². The van der Waals surface area contributed by atoms with Gasteiger partial charge < -0.3 is 4.74 Å². The Morgan fingerprint density at radius 3 is 2.21 bits per heavy atom. The van der Waals surface area contributed by atoms with Gasteiger partial charge in [-0.2, -0.15) is 5.10 Å². The quantitative estimate of drug-likeness (QED) is 0.211. The molecule has 7 nitrogen and oxygen atoms in total. The first kappa shape index (κ1) is 27.6. The molecule has 0 saturated carbocycles. The van der Waals surface area contributed by atoms with Gasteiger partial charge in [-0.3, -0.25) is 9.10 Å². The summed E-state index contributed by atoms with van der Waals surface area (Å²) < 4.78 is 34.1. The minimum Gasteiger partial charge on any atom is -0.489 e. The Kier molecular flexibility index (Phi) is 8.78. The molecule has 0 bridgehead atoms. The summed E-state index contributed by atoms with van der Waals surface area (Å²) in [6.45, 7) is 5.67. The smallest absolute Gasteiger partial charge is 0.264 e. The van der Waals surface area contributed by atoms with Gasteiger partial charge in [-0.25, -0.2) is 13.8 Å². The normalized spacial score (nSPS) is 11.4.